The molecular formula is C63H94N16O17S2. The maximum absolute atomic E-state index is 14.6. The molecule has 1 saturated heterocycles. The third-order valence-electron chi connectivity index (χ3n) is 16.1. The van der Waals surface area contributed by atoms with Gasteiger partial charge in [-0.25, -0.2) is 4.79 Å². The number of fused-ring (bicyclic) bond motifs is 1. The van der Waals surface area contributed by atoms with E-state index in [1.54, 1.807) is 72.0 Å². The molecule has 2 aromatic carbocycles. The average Bonchev–Trinajstić information content (AvgIpc) is 1.72. The summed E-state index contributed by atoms with van der Waals surface area (Å²) in [5.74, 6) is -15.4. The number of likely N-dealkylation sites (tertiary alicyclic amines) is 1. The second-order valence-electron chi connectivity index (χ2n) is 24.6. The number of guanidine groups is 1. The van der Waals surface area contributed by atoms with Crippen molar-refractivity contribution in [3.05, 3.63) is 65.9 Å². The van der Waals surface area contributed by atoms with E-state index in [2.05, 4.69) is 88.4 Å². The molecule has 1 aliphatic heterocycles. The molecule has 12 atom stereocenters. The normalized spacial score (nSPS) is 16.2. The molecule has 4 rings (SSSR count). The summed E-state index contributed by atoms with van der Waals surface area (Å²) < 4.78 is 0. The predicted molar refractivity (Wildman–Crippen MR) is 365 cm³/mol. The number of aliphatic hydroxyl groups is 1. The number of hydrogen-bond donors (Lipinski definition) is 20. The maximum Gasteiger partial charge on any atom is 0.326 e. The fourth-order valence-corrected chi connectivity index (χ4v) is 11.0. The largest absolute Gasteiger partial charge is 0.508 e. The third kappa shape index (κ3) is 25.3. The number of benzene rings is 2. The Bertz CT molecular complexity index is 3310. The molecule has 1 aliphatic rings. The topological polar surface area (TPSA) is 533 Å². The highest BCUT2D eigenvalue weighted by Gasteiger charge is 2.40. The Morgan fingerprint density at radius 1 is 0.653 bits per heavy atom. The molecule has 2 heterocycles. The van der Waals surface area contributed by atoms with Crippen molar-refractivity contribution in [2.75, 3.05) is 37.7 Å². The fourth-order valence-electron chi connectivity index (χ4n) is 10.5. The minimum atomic E-state index is -1.88. The number of carboxylic acid groups (broad SMARTS) is 2. The summed E-state index contributed by atoms with van der Waals surface area (Å²) in [6.07, 6.45) is 0.961. The first-order valence-electron chi connectivity index (χ1n) is 32.0. The zero-order valence-electron chi connectivity index (χ0n) is 55.5. The number of carboxylic acids is 2. The summed E-state index contributed by atoms with van der Waals surface area (Å²) >= 11 is 8.41. The van der Waals surface area contributed by atoms with Gasteiger partial charge in [-0.2, -0.15) is 25.3 Å². The molecule has 0 spiro atoms. The molecule has 0 radical (unpaired) electrons. The number of hydrogen-bond acceptors (Lipinski definition) is 19. The number of carbonyl (C=O) groups is 13. The minimum absolute atomic E-state index is 0.0227. The SMILES string of the molecule is CC[C@H](C)[C@H](NC(=O)CNC(=O)[C@@H](NC(=O)[C@H](Cc1c[nH]c2ccccc12)NC(=O)[C@H](CCCN=C(N)N)NC(=O)[C@H](CS)NC(=O)[C@@H](N)CO)C(C)C)C(=O)N[C@@H](CC(=O)O)C(=O)N[C@@H](CC(C)C)C(=O)N[C@@H](Cc1ccc(O)cc1)C(=O)N[C@@H](CS)C(=O)N1CCC[C@H]1C(=O)O. The number of amides is 11. The van der Waals surface area contributed by atoms with Gasteiger partial charge in [0.2, 0.25) is 65.0 Å². The summed E-state index contributed by atoms with van der Waals surface area (Å²) in [5, 5.41) is 65.1. The summed E-state index contributed by atoms with van der Waals surface area (Å²) in [6.45, 7) is 8.46. The molecule has 33 nitrogen and oxygen atoms in total. The molecular weight excluding hydrogens is 1320 g/mol. The van der Waals surface area contributed by atoms with E-state index < -0.39 is 175 Å². The zero-order valence-corrected chi connectivity index (χ0v) is 57.3. The lowest BCUT2D eigenvalue weighted by atomic mass is 9.97. The van der Waals surface area contributed by atoms with Gasteiger partial charge < -0.3 is 101 Å². The first kappa shape index (κ1) is 81.2. The van der Waals surface area contributed by atoms with Crippen molar-refractivity contribution in [3.8, 4) is 5.75 Å². The number of aliphatic hydroxyl groups excluding tert-OH is 1. The van der Waals surface area contributed by atoms with Gasteiger partial charge in [0.1, 0.15) is 72.2 Å². The Balaban J connectivity index is 1.54. The van der Waals surface area contributed by atoms with Crippen LogP contribution in [0.4, 0.5) is 0 Å². The molecule has 1 aromatic heterocycles. The van der Waals surface area contributed by atoms with Crippen molar-refractivity contribution in [3.63, 3.8) is 0 Å². The number of thiol groups is 2. The van der Waals surface area contributed by atoms with Crippen LogP contribution in [0, 0.1) is 17.8 Å². The molecule has 0 unspecified atom stereocenters. The molecule has 21 N–H and O–H groups in total. The number of nitrogens with zero attached hydrogens (tertiary/aromatic N) is 2. The lowest BCUT2D eigenvalue weighted by molar-refractivity contribution is -0.149. The standard InChI is InChI=1S/C63H94N16O17S2/c1-7-33(6)51(60(93)74-44(25-49(83)84)56(89)71-41(22-31(2)3)54(87)72-42(23-34-16-18-36(81)19-17-34)55(88)76-46(30-98)61(94)79-21-11-15-47(79)62(95)96)77-48(82)27-69-59(92)50(32(4)5)78-57(90)43(24-35-26-68-39-13-9-8-12-37(35)39)73-53(86)40(14-10-20-67-63(65)66)70-58(91)45(29-97)75-52(85)38(64)28-80/h8-9,12-13,16-19,26,31-33,38,40-47,50-51,68,80-81,97-98H,7,10-11,14-15,20-25,27-30,64H2,1-6H3,(H,69,92)(H,70,91)(H,71,89)(H,72,87)(H,73,86)(H,74,93)(H,75,85)(H,76,88)(H,77,82)(H,78,90)(H,83,84)(H,95,96)(H4,65,66,67)/t33-,38-,40-,41-,42-,43-,44-,45-,46-,47-,50-,51-/m0/s1. The van der Waals surface area contributed by atoms with Crippen LogP contribution in [0.3, 0.4) is 0 Å². The second-order valence-corrected chi connectivity index (χ2v) is 25.3. The van der Waals surface area contributed by atoms with E-state index in [4.69, 9.17) is 17.2 Å². The molecule has 35 heteroatoms. The highest BCUT2D eigenvalue weighted by molar-refractivity contribution is 7.80. The van der Waals surface area contributed by atoms with Crippen LogP contribution in [0.2, 0.25) is 0 Å². The number of aromatic amines is 1. The van der Waals surface area contributed by atoms with Crippen LogP contribution in [0.1, 0.15) is 97.6 Å². The number of para-hydroxylation sites is 1. The van der Waals surface area contributed by atoms with Crippen LogP contribution in [0.5, 0.6) is 5.75 Å². The number of phenols is 1. The number of H-pyrrole nitrogens is 1. The Hall–Kier alpha value is -9.22. The number of aromatic nitrogens is 1. The number of nitrogens with one attached hydrogen (secondary N) is 11. The molecule has 1 fully saturated rings. The van der Waals surface area contributed by atoms with Crippen LogP contribution >= 0.6 is 25.3 Å². The number of rotatable bonds is 40. The van der Waals surface area contributed by atoms with E-state index in [0.717, 1.165) is 4.90 Å². The van der Waals surface area contributed by atoms with E-state index >= 15 is 0 Å². The number of nitrogens with two attached hydrogens (primary N) is 3. The van der Waals surface area contributed by atoms with Gasteiger partial charge in [-0.3, -0.25) is 62.5 Å². The fraction of sp³-hybridized carbons (Fsp3) is 0.556. The number of aromatic hydroxyl groups is 1. The van der Waals surface area contributed by atoms with Crippen molar-refractivity contribution in [2.24, 2.45) is 39.9 Å². The average molecular weight is 1410 g/mol. The van der Waals surface area contributed by atoms with Gasteiger partial charge in [-0.1, -0.05) is 78.3 Å². The van der Waals surface area contributed by atoms with Gasteiger partial charge in [0.25, 0.3) is 0 Å². The lowest BCUT2D eigenvalue weighted by Crippen LogP contribution is -2.61. The smallest absolute Gasteiger partial charge is 0.326 e. The zero-order chi connectivity index (χ0) is 73.1. The molecule has 3 aromatic rings. The number of aliphatic carboxylic acids is 2. The summed E-state index contributed by atoms with van der Waals surface area (Å²) in [4.78, 5) is 186. The summed E-state index contributed by atoms with van der Waals surface area (Å²) in [5.41, 5.74) is 18.3. The minimum Gasteiger partial charge on any atom is -0.508 e. The first-order chi connectivity index (χ1) is 46.3. The van der Waals surface area contributed by atoms with Gasteiger partial charge in [0, 0.05) is 54.5 Å². The second kappa shape index (κ2) is 39.9. The van der Waals surface area contributed by atoms with Crippen molar-refractivity contribution >= 4 is 119 Å². The Labute approximate surface area is 577 Å². The summed E-state index contributed by atoms with van der Waals surface area (Å²) in [6, 6.07) is -3.02. The van der Waals surface area contributed by atoms with Gasteiger partial charge in [0.05, 0.1) is 19.6 Å². The maximum atomic E-state index is 14.6. The monoisotopic (exact) mass is 1410 g/mol. The summed E-state index contributed by atoms with van der Waals surface area (Å²) in [7, 11) is 0. The molecule has 0 bridgehead atoms. The van der Waals surface area contributed by atoms with E-state index in [-0.39, 0.29) is 87.2 Å². The van der Waals surface area contributed by atoms with Crippen molar-refractivity contribution < 1.29 is 82.8 Å². The number of carbonyl (C=O) groups excluding carboxylic acids is 11. The van der Waals surface area contributed by atoms with Crippen LogP contribution < -0.4 is 70.4 Å². The molecule has 11 amide bonds. The Morgan fingerprint density at radius 2 is 1.20 bits per heavy atom. The Kier molecular flexibility index (Phi) is 33.0. The highest BCUT2D eigenvalue weighted by atomic mass is 32.1. The quantitative estimate of drug-likeness (QED) is 0.0115. The lowest BCUT2D eigenvalue weighted by Gasteiger charge is -2.29. The Morgan fingerprint density at radius 3 is 1.80 bits per heavy atom. The van der Waals surface area contributed by atoms with Crippen LogP contribution in [-0.4, -0.2) is 217 Å². The van der Waals surface area contributed by atoms with Crippen molar-refractivity contribution in [1.82, 2.24) is 63.1 Å². The van der Waals surface area contributed by atoms with Crippen LogP contribution in [0.15, 0.2) is 59.7 Å². The molecule has 98 heavy (non-hydrogen) atoms. The van der Waals surface area contributed by atoms with E-state index in [1.807, 2.05) is 0 Å². The molecule has 0 aliphatic carbocycles. The van der Waals surface area contributed by atoms with E-state index in [9.17, 15) is 82.8 Å². The van der Waals surface area contributed by atoms with Crippen LogP contribution in [-0.2, 0) is 75.2 Å². The van der Waals surface area contributed by atoms with Crippen LogP contribution in [0.25, 0.3) is 10.9 Å². The van der Waals surface area contributed by atoms with Gasteiger partial charge >= 0.3 is 11.9 Å². The number of aliphatic imine (C=N–C) groups is 1. The molecule has 540 valence electrons. The third-order valence-corrected chi connectivity index (χ3v) is 16.9. The predicted octanol–water partition coefficient (Wildman–Crippen LogP) is -3.33. The van der Waals surface area contributed by atoms with E-state index in [1.165, 1.54) is 24.3 Å². The number of phenolic OH excluding ortho intramolecular Hbond substituents is 1. The first-order valence-corrected chi connectivity index (χ1v) is 33.3. The van der Waals surface area contributed by atoms with E-state index in [0.29, 0.717) is 28.5 Å². The van der Waals surface area contributed by atoms with Gasteiger partial charge in [-0.05, 0) is 79.2 Å². The van der Waals surface area contributed by atoms with Gasteiger partial charge in [-0.15, -0.1) is 0 Å². The highest BCUT2D eigenvalue weighted by Crippen LogP contribution is 2.22. The van der Waals surface area contributed by atoms with Crippen molar-refractivity contribution in [1.29, 1.82) is 0 Å². The van der Waals surface area contributed by atoms with Crippen molar-refractivity contribution in [2.45, 2.75) is 166 Å². The van der Waals surface area contributed by atoms with Gasteiger partial charge in [0.15, 0.2) is 5.96 Å². The molecule has 0 saturated carbocycles.